The van der Waals surface area contributed by atoms with Crippen molar-refractivity contribution >= 4 is 11.7 Å². The van der Waals surface area contributed by atoms with Gasteiger partial charge in [0.15, 0.2) is 5.69 Å². The Morgan fingerprint density at radius 2 is 2.32 bits per heavy atom. The summed E-state index contributed by atoms with van der Waals surface area (Å²) in [6.45, 7) is 3.44. The molecule has 1 amide bonds. The molecular weight excluding hydrogens is 320 g/mol. The second kappa shape index (κ2) is 7.23. The van der Waals surface area contributed by atoms with Crippen molar-refractivity contribution in [2.45, 2.75) is 31.8 Å². The molecule has 0 spiro atoms. The van der Waals surface area contributed by atoms with Crippen LogP contribution in [0.25, 0.3) is 0 Å². The lowest BCUT2D eigenvalue weighted by Gasteiger charge is -2.28. The number of anilines is 1. The predicted molar refractivity (Wildman–Crippen MR) is 93.5 cm³/mol. The molecule has 1 aliphatic rings. The third kappa shape index (κ3) is 3.99. The van der Waals surface area contributed by atoms with Crippen LogP contribution in [-0.4, -0.2) is 58.3 Å². The van der Waals surface area contributed by atoms with Gasteiger partial charge in [0, 0.05) is 38.8 Å². The lowest BCUT2D eigenvalue weighted by atomic mass is 10.0. The minimum absolute atomic E-state index is 0.240. The quantitative estimate of drug-likeness (QED) is 0.859. The maximum absolute atomic E-state index is 12.5. The molecule has 1 saturated heterocycles. The molecule has 0 aromatic carbocycles. The average Bonchev–Trinajstić information content (AvgIpc) is 3.22. The lowest BCUT2D eigenvalue weighted by molar-refractivity contribution is 0.0260. The Kier molecular flexibility index (Phi) is 5.03. The Bertz CT molecular complexity index is 718. The zero-order chi connectivity index (χ0) is 17.9. The molecule has 3 heterocycles. The number of likely N-dealkylation sites (N-methyl/N-ethyl adjacent to an activating group) is 1. The highest BCUT2D eigenvalue weighted by Crippen LogP contribution is 2.26. The molecule has 25 heavy (non-hydrogen) atoms. The van der Waals surface area contributed by atoms with Crippen LogP contribution in [0.15, 0.2) is 35.0 Å². The van der Waals surface area contributed by atoms with Gasteiger partial charge >= 0.3 is 0 Å². The van der Waals surface area contributed by atoms with Gasteiger partial charge < -0.3 is 19.4 Å². The van der Waals surface area contributed by atoms with Gasteiger partial charge in [-0.3, -0.25) is 4.79 Å². The Morgan fingerprint density at radius 1 is 1.48 bits per heavy atom. The Labute approximate surface area is 147 Å². The number of rotatable bonds is 6. The highest BCUT2D eigenvalue weighted by molar-refractivity contribution is 5.92. The van der Waals surface area contributed by atoms with Crippen LogP contribution in [0.5, 0.6) is 0 Å². The molecule has 7 nitrogen and oxygen atoms in total. The molecule has 0 saturated carbocycles. The zero-order valence-electron chi connectivity index (χ0n) is 14.7. The highest BCUT2D eigenvalue weighted by atomic mass is 16.5. The molecule has 0 bridgehead atoms. The Morgan fingerprint density at radius 3 is 3.04 bits per heavy atom. The summed E-state index contributed by atoms with van der Waals surface area (Å²) in [4.78, 5) is 20.4. The molecule has 1 N–H and O–H groups in total. The van der Waals surface area contributed by atoms with Crippen LogP contribution in [0.2, 0.25) is 0 Å². The van der Waals surface area contributed by atoms with Crippen molar-refractivity contribution in [3.8, 4) is 0 Å². The zero-order valence-corrected chi connectivity index (χ0v) is 14.7. The fourth-order valence-corrected chi connectivity index (χ4v) is 3.21. The number of nitrogens with zero attached hydrogens (tertiary/aromatic N) is 4. The number of aliphatic hydroxyl groups is 1. The molecule has 0 unspecified atom stereocenters. The van der Waals surface area contributed by atoms with E-state index in [0.29, 0.717) is 25.3 Å². The molecule has 2 aromatic heterocycles. The number of carbonyl (C=O) groups excluding carboxylic acids is 1. The fourth-order valence-electron chi connectivity index (χ4n) is 3.21. The third-order valence-corrected chi connectivity index (χ3v) is 4.46. The van der Waals surface area contributed by atoms with E-state index >= 15 is 0 Å². The first-order valence-corrected chi connectivity index (χ1v) is 8.60. The van der Waals surface area contributed by atoms with Crippen LogP contribution >= 0.6 is 0 Å². The number of hydrogen-bond acceptors (Lipinski definition) is 6. The minimum Gasteiger partial charge on any atom is -0.386 e. The van der Waals surface area contributed by atoms with Crippen LogP contribution in [0.3, 0.4) is 0 Å². The summed E-state index contributed by atoms with van der Waals surface area (Å²) in [5.74, 6) is 1.31. The number of pyridine rings is 1. The summed E-state index contributed by atoms with van der Waals surface area (Å²) in [7, 11) is 1.68. The molecular formula is C18H24N4O3. The van der Waals surface area contributed by atoms with E-state index in [2.05, 4.69) is 10.1 Å². The summed E-state index contributed by atoms with van der Waals surface area (Å²) in [6.07, 6.45) is 4.01. The smallest absolute Gasteiger partial charge is 0.275 e. The first-order chi connectivity index (χ1) is 12.0. The molecule has 2 aromatic rings. The summed E-state index contributed by atoms with van der Waals surface area (Å²) >= 11 is 0. The monoisotopic (exact) mass is 344 g/mol. The van der Waals surface area contributed by atoms with Crippen molar-refractivity contribution in [1.29, 1.82) is 0 Å². The molecule has 1 fully saturated rings. The maximum atomic E-state index is 12.5. The predicted octanol–water partition coefficient (Wildman–Crippen LogP) is 1.74. The molecule has 0 aliphatic carbocycles. The van der Waals surface area contributed by atoms with Gasteiger partial charge in [0.1, 0.15) is 17.2 Å². The van der Waals surface area contributed by atoms with Crippen molar-refractivity contribution in [2.75, 3.05) is 31.6 Å². The highest BCUT2D eigenvalue weighted by Gasteiger charge is 2.38. The van der Waals surface area contributed by atoms with Gasteiger partial charge in [-0.2, -0.15) is 0 Å². The van der Waals surface area contributed by atoms with Gasteiger partial charge in [-0.15, -0.1) is 0 Å². The van der Waals surface area contributed by atoms with Crippen molar-refractivity contribution < 1.29 is 14.4 Å². The number of aromatic nitrogens is 2. The molecule has 3 rings (SSSR count). The molecule has 1 aliphatic heterocycles. The first kappa shape index (κ1) is 17.4. The van der Waals surface area contributed by atoms with Crippen molar-refractivity contribution in [1.82, 2.24) is 15.0 Å². The van der Waals surface area contributed by atoms with Gasteiger partial charge in [-0.1, -0.05) is 18.1 Å². The van der Waals surface area contributed by atoms with Crippen molar-refractivity contribution in [2.24, 2.45) is 0 Å². The van der Waals surface area contributed by atoms with Crippen molar-refractivity contribution in [3.63, 3.8) is 0 Å². The number of carbonyl (C=O) groups is 1. The van der Waals surface area contributed by atoms with E-state index in [1.54, 1.807) is 19.3 Å². The average molecular weight is 344 g/mol. The van der Waals surface area contributed by atoms with Gasteiger partial charge in [-0.05, 0) is 25.0 Å². The van der Waals surface area contributed by atoms with E-state index in [-0.39, 0.29) is 18.1 Å². The fraction of sp³-hybridized carbons (Fsp3) is 0.500. The van der Waals surface area contributed by atoms with Crippen LogP contribution < -0.4 is 4.90 Å². The van der Waals surface area contributed by atoms with E-state index < -0.39 is 5.60 Å². The molecule has 134 valence electrons. The number of hydrogen-bond donors (Lipinski definition) is 1. The SMILES string of the molecule is CCCc1cc(C(=O)N(C)C[C@]2(O)CCN(c3ccccn3)C2)no1. The second-order valence-electron chi connectivity index (χ2n) is 6.67. The van der Waals surface area contributed by atoms with Crippen molar-refractivity contribution in [3.05, 3.63) is 41.9 Å². The van der Waals surface area contributed by atoms with E-state index in [4.69, 9.17) is 4.52 Å². The third-order valence-electron chi connectivity index (χ3n) is 4.46. The van der Waals surface area contributed by atoms with E-state index in [1.807, 2.05) is 30.0 Å². The standard InChI is InChI=1S/C18H24N4O3/c1-3-6-14-11-15(20-25-14)17(23)21(2)12-18(24)8-10-22(13-18)16-7-4-5-9-19-16/h4-5,7,9,11,24H,3,6,8,10,12-13H2,1-2H3/t18-/m1/s1. The summed E-state index contributed by atoms with van der Waals surface area (Å²) in [5, 5.41) is 14.7. The summed E-state index contributed by atoms with van der Waals surface area (Å²) in [6, 6.07) is 7.39. The van der Waals surface area contributed by atoms with Crippen LogP contribution in [0.4, 0.5) is 5.82 Å². The lowest BCUT2D eigenvalue weighted by Crippen LogP contribution is -2.46. The van der Waals surface area contributed by atoms with E-state index in [0.717, 1.165) is 18.7 Å². The van der Waals surface area contributed by atoms with Gasteiger partial charge in [0.2, 0.25) is 0 Å². The largest absolute Gasteiger partial charge is 0.386 e. The minimum atomic E-state index is -0.960. The molecule has 1 atom stereocenters. The Hall–Kier alpha value is -2.41. The van der Waals surface area contributed by atoms with Gasteiger partial charge in [-0.25, -0.2) is 4.98 Å². The number of β-amino-alcohol motifs (C(OH)–C–C–N with tert-alkyl or cyclic N) is 1. The second-order valence-corrected chi connectivity index (χ2v) is 6.67. The van der Waals surface area contributed by atoms with E-state index in [1.165, 1.54) is 4.90 Å². The molecule has 7 heteroatoms. The van der Waals surface area contributed by atoms with Crippen LogP contribution in [-0.2, 0) is 6.42 Å². The van der Waals surface area contributed by atoms with E-state index in [9.17, 15) is 9.90 Å². The first-order valence-electron chi connectivity index (χ1n) is 8.60. The summed E-state index contributed by atoms with van der Waals surface area (Å²) in [5.41, 5.74) is -0.674. The molecule has 0 radical (unpaired) electrons. The number of amides is 1. The maximum Gasteiger partial charge on any atom is 0.275 e. The van der Waals surface area contributed by atoms with Crippen LogP contribution in [0, 0.1) is 0 Å². The summed E-state index contributed by atoms with van der Waals surface area (Å²) < 4.78 is 5.17. The van der Waals surface area contributed by atoms with Gasteiger partial charge in [0.05, 0.1) is 6.54 Å². The topological polar surface area (TPSA) is 82.7 Å². The van der Waals surface area contributed by atoms with Crippen LogP contribution in [0.1, 0.15) is 36.0 Å². The Balaban J connectivity index is 1.61. The normalized spacial score (nSPS) is 20.0. The van der Waals surface area contributed by atoms with Gasteiger partial charge in [0.25, 0.3) is 5.91 Å². The number of aryl methyl sites for hydroxylation is 1.